The molecule has 1 atom stereocenters. The summed E-state index contributed by atoms with van der Waals surface area (Å²) in [6.45, 7) is 2.74. The second-order valence-electron chi connectivity index (χ2n) is 4.64. The number of rotatable bonds is 5. The van der Waals surface area contributed by atoms with Crippen molar-refractivity contribution < 1.29 is 9.59 Å². The number of halogens is 1. The third-order valence-corrected chi connectivity index (χ3v) is 4.49. The van der Waals surface area contributed by atoms with Gasteiger partial charge in [-0.2, -0.15) is 0 Å². The molecule has 0 aliphatic carbocycles. The van der Waals surface area contributed by atoms with E-state index >= 15 is 0 Å². The van der Waals surface area contributed by atoms with Crippen LogP contribution in [0.4, 0.5) is 5.69 Å². The third-order valence-electron chi connectivity index (χ3n) is 2.98. The summed E-state index contributed by atoms with van der Waals surface area (Å²) < 4.78 is 0. The van der Waals surface area contributed by atoms with Crippen molar-refractivity contribution in [2.75, 3.05) is 11.9 Å². The Morgan fingerprint density at radius 2 is 2.30 bits per heavy atom. The summed E-state index contributed by atoms with van der Waals surface area (Å²) in [5.74, 6) is -0.223. The monoisotopic (exact) mass is 312 g/mol. The first-order chi connectivity index (χ1) is 9.60. The Kier molecular flexibility index (Phi) is 5.31. The highest BCUT2D eigenvalue weighted by Gasteiger charge is 2.28. The molecule has 0 aromatic heterocycles. The standard InChI is InChI=1S/C14H17ClN2O2S/c1-2-3-6-16-13(18)8-12-14(19)17-10-7-9(15)4-5-11(10)20-12/h4-5,7,12H,2-3,6,8H2,1H3,(H,16,18)(H,17,19)/t12-/m0/s1. The van der Waals surface area contributed by atoms with Gasteiger partial charge in [0.2, 0.25) is 11.8 Å². The predicted molar refractivity (Wildman–Crippen MR) is 82.3 cm³/mol. The smallest absolute Gasteiger partial charge is 0.238 e. The van der Waals surface area contributed by atoms with Crippen LogP contribution in [0.15, 0.2) is 23.1 Å². The second-order valence-corrected chi connectivity index (χ2v) is 6.32. The molecule has 6 heteroatoms. The molecule has 0 bridgehead atoms. The molecule has 0 saturated carbocycles. The van der Waals surface area contributed by atoms with E-state index in [1.807, 2.05) is 6.07 Å². The van der Waals surface area contributed by atoms with Crippen molar-refractivity contribution in [3.8, 4) is 0 Å². The van der Waals surface area contributed by atoms with Crippen LogP contribution in [-0.4, -0.2) is 23.6 Å². The number of carbonyl (C=O) groups is 2. The van der Waals surface area contributed by atoms with Gasteiger partial charge in [0.1, 0.15) is 0 Å². The summed E-state index contributed by atoms with van der Waals surface area (Å²) in [4.78, 5) is 24.7. The zero-order valence-corrected chi connectivity index (χ0v) is 12.8. The number of fused-ring (bicyclic) bond motifs is 1. The molecule has 1 heterocycles. The van der Waals surface area contributed by atoms with Gasteiger partial charge in [-0.3, -0.25) is 9.59 Å². The average molecular weight is 313 g/mol. The molecule has 20 heavy (non-hydrogen) atoms. The van der Waals surface area contributed by atoms with E-state index in [-0.39, 0.29) is 23.5 Å². The van der Waals surface area contributed by atoms with Crippen LogP contribution in [0.25, 0.3) is 0 Å². The summed E-state index contributed by atoms with van der Waals surface area (Å²) in [5.41, 5.74) is 0.718. The maximum atomic E-state index is 12.0. The number of benzene rings is 1. The summed E-state index contributed by atoms with van der Waals surface area (Å²) in [5, 5.41) is 5.83. The van der Waals surface area contributed by atoms with Crippen molar-refractivity contribution in [1.82, 2.24) is 5.32 Å². The first-order valence-electron chi connectivity index (χ1n) is 6.64. The Hall–Kier alpha value is -1.20. The molecule has 2 N–H and O–H groups in total. The number of thioether (sulfide) groups is 1. The van der Waals surface area contributed by atoms with E-state index in [0.29, 0.717) is 11.6 Å². The van der Waals surface area contributed by atoms with E-state index in [2.05, 4.69) is 17.6 Å². The molecule has 1 aliphatic rings. The van der Waals surface area contributed by atoms with E-state index < -0.39 is 0 Å². The lowest BCUT2D eigenvalue weighted by molar-refractivity contribution is -0.124. The number of hydrogen-bond acceptors (Lipinski definition) is 3. The first kappa shape index (κ1) is 15.2. The number of unbranched alkanes of at least 4 members (excludes halogenated alkanes) is 1. The fourth-order valence-corrected chi connectivity index (χ4v) is 3.16. The molecule has 108 valence electrons. The van der Waals surface area contributed by atoms with Crippen LogP contribution in [0, 0.1) is 0 Å². The van der Waals surface area contributed by atoms with E-state index in [0.717, 1.165) is 23.4 Å². The van der Waals surface area contributed by atoms with Crippen molar-refractivity contribution >= 4 is 40.9 Å². The van der Waals surface area contributed by atoms with Crippen molar-refractivity contribution in [1.29, 1.82) is 0 Å². The molecule has 1 aliphatic heterocycles. The van der Waals surface area contributed by atoms with Crippen LogP contribution in [0.5, 0.6) is 0 Å². The normalized spacial score (nSPS) is 17.3. The highest BCUT2D eigenvalue weighted by molar-refractivity contribution is 8.01. The fraction of sp³-hybridized carbons (Fsp3) is 0.429. The van der Waals surface area contributed by atoms with Gasteiger partial charge in [0.05, 0.1) is 10.9 Å². The van der Waals surface area contributed by atoms with Crippen molar-refractivity contribution in [3.05, 3.63) is 23.2 Å². The van der Waals surface area contributed by atoms with E-state index in [4.69, 9.17) is 11.6 Å². The van der Waals surface area contributed by atoms with Crippen molar-refractivity contribution in [3.63, 3.8) is 0 Å². The Bertz CT molecular complexity index is 522. The van der Waals surface area contributed by atoms with Gasteiger partial charge >= 0.3 is 0 Å². The minimum atomic E-state index is -0.384. The van der Waals surface area contributed by atoms with Crippen molar-refractivity contribution in [2.45, 2.75) is 36.3 Å². The van der Waals surface area contributed by atoms with Crippen LogP contribution >= 0.6 is 23.4 Å². The molecule has 1 aromatic carbocycles. The summed E-state index contributed by atoms with van der Waals surface area (Å²) in [7, 11) is 0. The van der Waals surface area contributed by atoms with E-state index in [1.165, 1.54) is 11.8 Å². The van der Waals surface area contributed by atoms with Crippen LogP contribution < -0.4 is 10.6 Å². The van der Waals surface area contributed by atoms with Crippen LogP contribution in [0.1, 0.15) is 26.2 Å². The summed E-state index contributed by atoms with van der Waals surface area (Å²) in [6, 6.07) is 5.37. The molecule has 0 fully saturated rings. The lowest BCUT2D eigenvalue weighted by Crippen LogP contribution is -2.35. The molecule has 0 radical (unpaired) electrons. The Labute approximate surface area is 127 Å². The van der Waals surface area contributed by atoms with Gasteiger partial charge in [0.25, 0.3) is 0 Å². The van der Waals surface area contributed by atoms with Gasteiger partial charge in [0.15, 0.2) is 0 Å². The Morgan fingerprint density at radius 1 is 1.50 bits per heavy atom. The van der Waals surface area contributed by atoms with Crippen LogP contribution in [0.2, 0.25) is 5.02 Å². The quantitative estimate of drug-likeness (QED) is 0.822. The molecule has 1 aromatic rings. The fourth-order valence-electron chi connectivity index (χ4n) is 1.90. The second kappa shape index (κ2) is 6.99. The highest BCUT2D eigenvalue weighted by atomic mass is 35.5. The zero-order chi connectivity index (χ0) is 14.5. The Morgan fingerprint density at radius 3 is 3.05 bits per heavy atom. The molecule has 2 amide bonds. The summed E-state index contributed by atoms with van der Waals surface area (Å²) >= 11 is 7.30. The highest BCUT2D eigenvalue weighted by Crippen LogP contribution is 2.38. The predicted octanol–water partition coefficient (Wildman–Crippen LogP) is 3.06. The van der Waals surface area contributed by atoms with Gasteiger partial charge < -0.3 is 10.6 Å². The van der Waals surface area contributed by atoms with Gasteiger partial charge in [0, 0.05) is 22.9 Å². The minimum Gasteiger partial charge on any atom is -0.356 e. The van der Waals surface area contributed by atoms with E-state index in [9.17, 15) is 9.59 Å². The maximum Gasteiger partial charge on any atom is 0.238 e. The molecule has 4 nitrogen and oxygen atoms in total. The topological polar surface area (TPSA) is 58.2 Å². The number of nitrogens with one attached hydrogen (secondary N) is 2. The number of amides is 2. The molecular formula is C14H17ClN2O2S. The molecular weight excluding hydrogens is 296 g/mol. The third kappa shape index (κ3) is 3.90. The zero-order valence-electron chi connectivity index (χ0n) is 11.2. The van der Waals surface area contributed by atoms with Gasteiger partial charge in [-0.05, 0) is 24.6 Å². The average Bonchev–Trinajstić information content (AvgIpc) is 2.40. The van der Waals surface area contributed by atoms with Gasteiger partial charge in [-0.25, -0.2) is 0 Å². The first-order valence-corrected chi connectivity index (χ1v) is 7.89. The number of anilines is 1. The number of carbonyl (C=O) groups excluding carboxylic acids is 2. The van der Waals surface area contributed by atoms with Gasteiger partial charge in [-0.15, -0.1) is 11.8 Å². The minimum absolute atomic E-state index is 0.0801. The summed E-state index contributed by atoms with van der Waals surface area (Å²) in [6.07, 6.45) is 2.19. The maximum absolute atomic E-state index is 12.0. The van der Waals surface area contributed by atoms with Crippen molar-refractivity contribution in [2.24, 2.45) is 0 Å². The Balaban J connectivity index is 1.95. The van der Waals surface area contributed by atoms with E-state index in [1.54, 1.807) is 12.1 Å². The SMILES string of the molecule is CCCCNC(=O)C[C@@H]1Sc2ccc(Cl)cc2NC1=O. The molecule has 0 spiro atoms. The molecule has 2 rings (SSSR count). The van der Waals surface area contributed by atoms with Gasteiger partial charge in [-0.1, -0.05) is 24.9 Å². The molecule has 0 unspecified atom stereocenters. The largest absolute Gasteiger partial charge is 0.356 e. The molecule has 0 saturated heterocycles. The lowest BCUT2D eigenvalue weighted by atomic mass is 10.2. The van der Waals surface area contributed by atoms with Crippen LogP contribution in [0.3, 0.4) is 0 Å². The lowest BCUT2D eigenvalue weighted by Gasteiger charge is -2.23. The van der Waals surface area contributed by atoms with Crippen LogP contribution in [-0.2, 0) is 9.59 Å². The number of hydrogen-bond donors (Lipinski definition) is 2.